The van der Waals surface area contributed by atoms with Crippen molar-refractivity contribution in [2.24, 2.45) is 0 Å². The molecule has 9 aromatic carbocycles. The van der Waals surface area contributed by atoms with Crippen LogP contribution in [0.3, 0.4) is 0 Å². The topological polar surface area (TPSA) is 38.9 Å². The lowest BCUT2D eigenvalue weighted by atomic mass is 9.81. The predicted octanol–water partition coefficient (Wildman–Crippen LogP) is 14.8. The fraction of sp³-hybridized carbons (Fsp3) is 0.0545. The van der Waals surface area contributed by atoms with E-state index in [1.165, 1.54) is 49.5 Å². The Balaban J connectivity index is 1.04. The highest BCUT2D eigenvalue weighted by Gasteiger charge is 2.37. The Hall–Kier alpha value is -7.36. The molecule has 0 aliphatic heterocycles. The molecular weight excluding hydrogens is 705 g/mol. The first-order chi connectivity index (χ1) is 28.5. The van der Waals surface area contributed by atoms with E-state index in [9.17, 15) is 0 Å². The molecule has 0 bridgehead atoms. The third-order valence-electron chi connectivity index (χ3n) is 12.4. The zero-order chi connectivity index (χ0) is 38.5. The van der Waals surface area contributed by atoms with Crippen molar-refractivity contribution < 1.29 is 4.42 Å². The van der Waals surface area contributed by atoms with E-state index in [1.54, 1.807) is 0 Å². The maximum Gasteiger partial charge on any atom is 0.160 e. The van der Waals surface area contributed by atoms with Crippen molar-refractivity contribution in [2.45, 2.75) is 19.3 Å². The van der Waals surface area contributed by atoms with Crippen LogP contribution in [0, 0.1) is 0 Å². The summed E-state index contributed by atoms with van der Waals surface area (Å²) in [5.74, 6) is 0.699. The maximum absolute atomic E-state index is 6.22. The third kappa shape index (κ3) is 4.93. The van der Waals surface area contributed by atoms with Crippen LogP contribution in [0.5, 0.6) is 0 Å². The summed E-state index contributed by atoms with van der Waals surface area (Å²) in [7, 11) is 0. The van der Waals surface area contributed by atoms with Crippen molar-refractivity contribution in [1.29, 1.82) is 0 Å². The highest BCUT2D eigenvalue weighted by atomic mass is 16.3. The van der Waals surface area contributed by atoms with Gasteiger partial charge < -0.3 is 4.42 Å². The van der Waals surface area contributed by atoms with Crippen LogP contribution >= 0.6 is 0 Å². The van der Waals surface area contributed by atoms with Gasteiger partial charge in [-0.25, -0.2) is 9.97 Å². The molecule has 0 saturated heterocycles. The number of hydrogen-bond acceptors (Lipinski definition) is 3. The molecule has 1 aliphatic carbocycles. The van der Waals surface area contributed by atoms with Crippen LogP contribution in [0.25, 0.3) is 110 Å². The number of benzene rings is 9. The van der Waals surface area contributed by atoms with Crippen LogP contribution in [-0.2, 0) is 5.41 Å². The van der Waals surface area contributed by atoms with Crippen molar-refractivity contribution in [2.75, 3.05) is 0 Å². The van der Waals surface area contributed by atoms with E-state index in [0.29, 0.717) is 5.82 Å². The Labute approximate surface area is 335 Å². The van der Waals surface area contributed by atoms with Gasteiger partial charge in [0.25, 0.3) is 0 Å². The van der Waals surface area contributed by atoms with E-state index in [1.807, 2.05) is 30.3 Å². The lowest BCUT2D eigenvalue weighted by molar-refractivity contribution is 0.661. The van der Waals surface area contributed by atoms with Crippen LogP contribution in [0.15, 0.2) is 186 Å². The lowest BCUT2D eigenvalue weighted by Gasteiger charge is -2.22. The Bertz CT molecular complexity index is 3480. The van der Waals surface area contributed by atoms with Crippen molar-refractivity contribution in [3.63, 3.8) is 0 Å². The van der Waals surface area contributed by atoms with E-state index in [0.717, 1.165) is 66.2 Å². The van der Waals surface area contributed by atoms with Crippen LogP contribution in [-0.4, -0.2) is 9.97 Å². The SMILES string of the molecule is CC1(C)c2cc3ccccc3cc2-c2c(-c3ccc(-c4cc(-c5ccc6cc7oc8ccccc8c7cc6c5)nc(-c5ccccc5)n4)c4ccccc34)cccc21. The van der Waals surface area contributed by atoms with Crippen molar-refractivity contribution >= 4 is 54.3 Å². The monoisotopic (exact) mass is 740 g/mol. The van der Waals surface area contributed by atoms with E-state index < -0.39 is 0 Å². The molecule has 272 valence electrons. The Kier molecular flexibility index (Phi) is 6.98. The number of hydrogen-bond donors (Lipinski definition) is 0. The molecule has 3 heteroatoms. The lowest BCUT2D eigenvalue weighted by Crippen LogP contribution is -2.14. The van der Waals surface area contributed by atoms with E-state index in [-0.39, 0.29) is 5.41 Å². The molecule has 58 heavy (non-hydrogen) atoms. The predicted molar refractivity (Wildman–Crippen MR) is 241 cm³/mol. The van der Waals surface area contributed by atoms with Gasteiger partial charge in [-0.3, -0.25) is 0 Å². The van der Waals surface area contributed by atoms with E-state index >= 15 is 0 Å². The fourth-order valence-corrected chi connectivity index (χ4v) is 9.53. The maximum atomic E-state index is 6.22. The van der Waals surface area contributed by atoms with Gasteiger partial charge >= 0.3 is 0 Å². The average molecular weight is 741 g/mol. The number of fused-ring (bicyclic) bond motifs is 9. The minimum Gasteiger partial charge on any atom is -0.456 e. The third-order valence-corrected chi connectivity index (χ3v) is 12.4. The Morgan fingerprint density at radius 2 is 1.07 bits per heavy atom. The second-order valence-electron chi connectivity index (χ2n) is 16.1. The smallest absolute Gasteiger partial charge is 0.160 e. The van der Waals surface area contributed by atoms with Gasteiger partial charge in [0, 0.05) is 32.9 Å². The standard InChI is InChI=1S/C55H36N2O/c1-55(2)47-21-12-20-44(53(47)46-28-34-15-6-7-16-35(34)30-48(46)55)41-25-26-42(40-18-9-8-17-39(40)41)50-32-49(56-54(57-50)33-13-4-3-5-14-33)37-24-23-36-31-52-45(29-38(36)27-37)43-19-10-11-22-51(43)58-52/h3-32H,1-2H3. The summed E-state index contributed by atoms with van der Waals surface area (Å²) >= 11 is 0. The van der Waals surface area contributed by atoms with Gasteiger partial charge in [-0.2, -0.15) is 0 Å². The molecular formula is C55H36N2O. The number of rotatable bonds is 4. The normalized spacial score (nSPS) is 13.1. The van der Waals surface area contributed by atoms with E-state index in [4.69, 9.17) is 14.4 Å². The molecule has 0 N–H and O–H groups in total. The van der Waals surface area contributed by atoms with Crippen LogP contribution < -0.4 is 0 Å². The van der Waals surface area contributed by atoms with Gasteiger partial charge in [0.05, 0.1) is 11.4 Å². The Morgan fingerprint density at radius 3 is 1.91 bits per heavy atom. The minimum absolute atomic E-state index is 0.118. The second kappa shape index (κ2) is 12.3. The molecule has 1 aliphatic rings. The van der Waals surface area contributed by atoms with Crippen molar-refractivity contribution in [3.05, 3.63) is 193 Å². The summed E-state index contributed by atoms with van der Waals surface area (Å²) in [5, 5.41) is 9.41. The first-order valence-electron chi connectivity index (χ1n) is 20.0. The number of furan rings is 1. The molecule has 2 aromatic heterocycles. The summed E-state index contributed by atoms with van der Waals surface area (Å²) in [6.07, 6.45) is 0. The molecule has 3 nitrogen and oxygen atoms in total. The molecule has 2 heterocycles. The van der Waals surface area contributed by atoms with Crippen molar-refractivity contribution in [3.8, 4) is 56.2 Å². The number of para-hydroxylation sites is 1. The zero-order valence-corrected chi connectivity index (χ0v) is 32.1. The minimum atomic E-state index is -0.118. The summed E-state index contributed by atoms with van der Waals surface area (Å²) in [6, 6.07) is 65.4. The highest BCUT2D eigenvalue weighted by Crippen LogP contribution is 2.54. The molecule has 11 aromatic rings. The van der Waals surface area contributed by atoms with Gasteiger partial charge in [-0.15, -0.1) is 0 Å². The van der Waals surface area contributed by atoms with Gasteiger partial charge in [-0.05, 0) is 108 Å². The molecule has 0 unspecified atom stereocenters. The van der Waals surface area contributed by atoms with Crippen LogP contribution in [0.4, 0.5) is 0 Å². The van der Waals surface area contributed by atoms with E-state index in [2.05, 4.69) is 166 Å². The summed E-state index contributed by atoms with van der Waals surface area (Å²) in [4.78, 5) is 10.5. The molecule has 0 saturated carbocycles. The zero-order valence-electron chi connectivity index (χ0n) is 32.1. The van der Waals surface area contributed by atoms with Crippen LogP contribution in [0.2, 0.25) is 0 Å². The molecule has 12 rings (SSSR count). The molecule has 0 fully saturated rings. The summed E-state index contributed by atoms with van der Waals surface area (Å²) < 4.78 is 6.22. The number of aromatic nitrogens is 2. The first-order valence-corrected chi connectivity index (χ1v) is 20.0. The average Bonchev–Trinajstić information content (AvgIpc) is 3.74. The van der Waals surface area contributed by atoms with Gasteiger partial charge in [0.15, 0.2) is 5.82 Å². The van der Waals surface area contributed by atoms with Gasteiger partial charge in [-0.1, -0.05) is 153 Å². The van der Waals surface area contributed by atoms with Crippen LogP contribution in [0.1, 0.15) is 25.0 Å². The highest BCUT2D eigenvalue weighted by molar-refractivity contribution is 6.11. The number of nitrogens with zero attached hydrogens (tertiary/aromatic N) is 2. The molecule has 0 radical (unpaired) electrons. The molecule has 0 atom stereocenters. The van der Waals surface area contributed by atoms with Crippen molar-refractivity contribution in [1.82, 2.24) is 9.97 Å². The Morgan fingerprint density at radius 1 is 0.379 bits per heavy atom. The molecule has 0 spiro atoms. The molecule has 0 amide bonds. The second-order valence-corrected chi connectivity index (χ2v) is 16.1. The van der Waals surface area contributed by atoms with Gasteiger partial charge in [0.2, 0.25) is 0 Å². The quantitative estimate of drug-likeness (QED) is 0.180. The summed E-state index contributed by atoms with van der Waals surface area (Å²) in [5.41, 5.74) is 14.4. The first kappa shape index (κ1) is 32.8. The largest absolute Gasteiger partial charge is 0.456 e. The summed E-state index contributed by atoms with van der Waals surface area (Å²) in [6.45, 7) is 4.73. The van der Waals surface area contributed by atoms with Gasteiger partial charge in [0.1, 0.15) is 11.2 Å². The fourth-order valence-electron chi connectivity index (χ4n) is 9.53.